The molecule has 1 heterocycles. The van der Waals surface area contributed by atoms with Crippen molar-refractivity contribution in [3.8, 4) is 0 Å². The van der Waals surface area contributed by atoms with Crippen molar-refractivity contribution in [1.82, 2.24) is 10.2 Å². The molecule has 26 heavy (non-hydrogen) atoms. The van der Waals surface area contributed by atoms with Gasteiger partial charge in [0.25, 0.3) is 5.91 Å². The summed E-state index contributed by atoms with van der Waals surface area (Å²) in [6.45, 7) is 2.46. The molecule has 140 valence electrons. The van der Waals surface area contributed by atoms with Crippen LogP contribution in [0.4, 0.5) is 0 Å². The molecule has 1 aliphatic heterocycles. The quantitative estimate of drug-likeness (QED) is 0.788. The molecule has 2 aromatic rings. The minimum atomic E-state index is -0.00524. The lowest BCUT2D eigenvalue weighted by molar-refractivity contribution is -0.126. The molecule has 2 aromatic carbocycles. The topological polar surface area (TPSA) is 75.4 Å². The van der Waals surface area contributed by atoms with Crippen LogP contribution in [0, 0.1) is 5.92 Å². The molecule has 5 nitrogen and oxygen atoms in total. The van der Waals surface area contributed by atoms with Crippen LogP contribution in [0.25, 0.3) is 10.8 Å². The molecule has 0 bridgehead atoms. The SMILES string of the molecule is Cl.NCCCNC(=O)C1CCN(C(=O)c2cccc3ccccc23)CC1. The van der Waals surface area contributed by atoms with Gasteiger partial charge in [0.2, 0.25) is 5.91 Å². The van der Waals surface area contributed by atoms with Gasteiger partial charge in [-0.25, -0.2) is 0 Å². The zero-order valence-corrected chi connectivity index (χ0v) is 15.6. The number of amides is 2. The summed E-state index contributed by atoms with van der Waals surface area (Å²) in [5.41, 5.74) is 6.18. The van der Waals surface area contributed by atoms with Gasteiger partial charge in [-0.2, -0.15) is 0 Å². The summed E-state index contributed by atoms with van der Waals surface area (Å²) in [5.74, 6) is 0.138. The van der Waals surface area contributed by atoms with E-state index in [-0.39, 0.29) is 30.1 Å². The van der Waals surface area contributed by atoms with E-state index in [1.807, 2.05) is 47.4 Å². The van der Waals surface area contributed by atoms with E-state index in [2.05, 4.69) is 5.32 Å². The van der Waals surface area contributed by atoms with Crippen LogP contribution in [0.2, 0.25) is 0 Å². The normalized spacial score (nSPS) is 14.7. The third-order valence-electron chi connectivity index (χ3n) is 4.85. The van der Waals surface area contributed by atoms with Crippen LogP contribution in [0.15, 0.2) is 42.5 Å². The van der Waals surface area contributed by atoms with Gasteiger partial charge < -0.3 is 16.0 Å². The van der Waals surface area contributed by atoms with Gasteiger partial charge in [0, 0.05) is 31.1 Å². The van der Waals surface area contributed by atoms with Crippen LogP contribution in [-0.2, 0) is 4.79 Å². The first kappa shape index (κ1) is 20.2. The van der Waals surface area contributed by atoms with Gasteiger partial charge in [-0.15, -0.1) is 12.4 Å². The molecule has 0 aromatic heterocycles. The van der Waals surface area contributed by atoms with Crippen molar-refractivity contribution in [2.45, 2.75) is 19.3 Å². The molecule has 6 heteroatoms. The Kier molecular flexibility index (Phi) is 7.42. The Bertz CT molecular complexity index is 752. The summed E-state index contributed by atoms with van der Waals surface area (Å²) in [6, 6.07) is 13.8. The van der Waals surface area contributed by atoms with Crippen molar-refractivity contribution >= 4 is 35.0 Å². The number of rotatable bonds is 5. The minimum absolute atomic E-state index is 0. The van der Waals surface area contributed by atoms with Crippen LogP contribution < -0.4 is 11.1 Å². The Labute approximate surface area is 160 Å². The van der Waals surface area contributed by atoms with Crippen molar-refractivity contribution in [2.75, 3.05) is 26.2 Å². The molecule has 2 amide bonds. The predicted octanol–water partition coefficient (Wildman–Crippen LogP) is 2.58. The molecular formula is C20H26ClN3O2. The number of carbonyl (C=O) groups is 2. The number of nitrogens with two attached hydrogens (primary N) is 1. The Hall–Kier alpha value is -2.11. The number of carbonyl (C=O) groups excluding carboxylic acids is 2. The number of fused-ring (bicyclic) bond motifs is 1. The summed E-state index contributed by atoms with van der Waals surface area (Å²) in [5, 5.41) is 4.99. The number of nitrogens with one attached hydrogen (secondary N) is 1. The van der Waals surface area contributed by atoms with E-state index in [4.69, 9.17) is 5.73 Å². The Balaban J connectivity index is 0.00000243. The second-order valence-electron chi connectivity index (χ2n) is 6.53. The van der Waals surface area contributed by atoms with Crippen molar-refractivity contribution in [1.29, 1.82) is 0 Å². The van der Waals surface area contributed by atoms with Gasteiger partial charge in [-0.05, 0) is 42.6 Å². The minimum Gasteiger partial charge on any atom is -0.356 e. The van der Waals surface area contributed by atoms with E-state index >= 15 is 0 Å². The number of benzene rings is 2. The van der Waals surface area contributed by atoms with Gasteiger partial charge in [0.1, 0.15) is 0 Å². The van der Waals surface area contributed by atoms with Crippen LogP contribution >= 0.6 is 12.4 Å². The maximum Gasteiger partial charge on any atom is 0.254 e. The van der Waals surface area contributed by atoms with Crippen molar-refractivity contribution < 1.29 is 9.59 Å². The highest BCUT2D eigenvalue weighted by atomic mass is 35.5. The fourth-order valence-electron chi connectivity index (χ4n) is 3.39. The van der Waals surface area contributed by atoms with Crippen LogP contribution in [0.5, 0.6) is 0 Å². The van der Waals surface area contributed by atoms with Gasteiger partial charge in [-0.3, -0.25) is 9.59 Å². The fraction of sp³-hybridized carbons (Fsp3) is 0.400. The first-order valence-electron chi connectivity index (χ1n) is 8.95. The smallest absolute Gasteiger partial charge is 0.254 e. The molecule has 0 aliphatic carbocycles. The van der Waals surface area contributed by atoms with Crippen molar-refractivity contribution in [3.63, 3.8) is 0 Å². The predicted molar refractivity (Wildman–Crippen MR) is 107 cm³/mol. The highest BCUT2D eigenvalue weighted by Gasteiger charge is 2.28. The average molecular weight is 376 g/mol. The largest absolute Gasteiger partial charge is 0.356 e. The van der Waals surface area contributed by atoms with Crippen LogP contribution in [-0.4, -0.2) is 42.9 Å². The second kappa shape index (κ2) is 9.55. The van der Waals surface area contributed by atoms with E-state index in [9.17, 15) is 9.59 Å². The van der Waals surface area contributed by atoms with Crippen molar-refractivity contribution in [2.24, 2.45) is 11.7 Å². The lowest BCUT2D eigenvalue weighted by Gasteiger charge is -2.31. The summed E-state index contributed by atoms with van der Waals surface area (Å²) in [6.07, 6.45) is 2.22. The molecule has 0 saturated carbocycles. The number of halogens is 1. The molecule has 1 fully saturated rings. The van der Waals surface area contributed by atoms with Crippen LogP contribution in [0.1, 0.15) is 29.6 Å². The first-order chi connectivity index (χ1) is 12.2. The summed E-state index contributed by atoms with van der Waals surface area (Å²) >= 11 is 0. The zero-order valence-electron chi connectivity index (χ0n) is 14.8. The third-order valence-corrected chi connectivity index (χ3v) is 4.85. The summed E-state index contributed by atoms with van der Waals surface area (Å²) in [7, 11) is 0. The lowest BCUT2D eigenvalue weighted by Crippen LogP contribution is -2.43. The van der Waals surface area contributed by atoms with Crippen LogP contribution in [0.3, 0.4) is 0 Å². The number of piperidine rings is 1. The summed E-state index contributed by atoms with van der Waals surface area (Å²) < 4.78 is 0. The average Bonchev–Trinajstić information content (AvgIpc) is 2.67. The number of nitrogens with zero attached hydrogens (tertiary/aromatic N) is 1. The number of likely N-dealkylation sites (tertiary alicyclic amines) is 1. The van der Waals surface area contributed by atoms with Gasteiger partial charge in [0.15, 0.2) is 0 Å². The molecule has 1 saturated heterocycles. The maximum absolute atomic E-state index is 12.9. The molecule has 3 rings (SSSR count). The first-order valence-corrected chi connectivity index (χ1v) is 8.95. The van der Waals surface area contributed by atoms with Gasteiger partial charge in [-0.1, -0.05) is 36.4 Å². The Morgan fingerprint density at radius 3 is 2.50 bits per heavy atom. The molecule has 0 spiro atoms. The van der Waals surface area contributed by atoms with E-state index < -0.39 is 0 Å². The van der Waals surface area contributed by atoms with E-state index in [1.165, 1.54) is 0 Å². The third kappa shape index (κ3) is 4.54. The van der Waals surface area contributed by atoms with Gasteiger partial charge >= 0.3 is 0 Å². The molecular weight excluding hydrogens is 350 g/mol. The maximum atomic E-state index is 12.9. The fourth-order valence-corrected chi connectivity index (χ4v) is 3.39. The van der Waals surface area contributed by atoms with E-state index in [1.54, 1.807) is 0 Å². The van der Waals surface area contributed by atoms with Gasteiger partial charge in [0.05, 0.1) is 0 Å². The Morgan fingerprint density at radius 2 is 1.77 bits per heavy atom. The monoisotopic (exact) mass is 375 g/mol. The molecule has 0 radical (unpaired) electrons. The van der Waals surface area contributed by atoms with E-state index in [0.29, 0.717) is 39.0 Å². The zero-order chi connectivity index (χ0) is 17.6. The number of hydrogen-bond acceptors (Lipinski definition) is 3. The molecule has 0 atom stereocenters. The summed E-state index contributed by atoms with van der Waals surface area (Å²) in [4.78, 5) is 26.9. The highest BCUT2D eigenvalue weighted by molar-refractivity contribution is 6.07. The number of hydrogen-bond donors (Lipinski definition) is 2. The highest BCUT2D eigenvalue weighted by Crippen LogP contribution is 2.23. The Morgan fingerprint density at radius 1 is 1.08 bits per heavy atom. The molecule has 3 N–H and O–H groups in total. The standard InChI is InChI=1S/C20H25N3O2.ClH/c21-11-4-12-22-19(24)16-9-13-23(14-10-16)20(25)18-8-3-6-15-5-1-2-7-17(15)18;/h1-3,5-8,16H,4,9-14,21H2,(H,22,24);1H. The van der Waals surface area contributed by atoms with E-state index in [0.717, 1.165) is 22.8 Å². The molecule has 1 aliphatic rings. The van der Waals surface area contributed by atoms with Crippen molar-refractivity contribution in [3.05, 3.63) is 48.0 Å². The lowest BCUT2D eigenvalue weighted by atomic mass is 9.95. The second-order valence-corrected chi connectivity index (χ2v) is 6.53. The molecule has 0 unspecified atom stereocenters.